The lowest BCUT2D eigenvalue weighted by atomic mass is 10.2. The van der Waals surface area contributed by atoms with Gasteiger partial charge in [-0.3, -0.25) is 10.1 Å². The molecule has 1 aliphatic carbocycles. The summed E-state index contributed by atoms with van der Waals surface area (Å²) in [5.41, 5.74) is 0.535. The van der Waals surface area contributed by atoms with Gasteiger partial charge >= 0.3 is 0 Å². The van der Waals surface area contributed by atoms with Crippen molar-refractivity contribution in [3.63, 3.8) is 0 Å². The van der Waals surface area contributed by atoms with Gasteiger partial charge in [0.05, 0.1) is 11.8 Å². The lowest BCUT2D eigenvalue weighted by Crippen LogP contribution is -2.11. The topological polar surface area (TPSA) is 68.0 Å². The predicted molar refractivity (Wildman–Crippen MR) is 63.3 cm³/mol. The molecule has 88 valence electrons. The molecule has 0 aliphatic heterocycles. The zero-order valence-electron chi connectivity index (χ0n) is 9.27. The summed E-state index contributed by atoms with van der Waals surface area (Å²) in [6, 6.07) is 1.65. The van der Waals surface area contributed by atoms with Crippen LogP contribution in [0.25, 0.3) is 0 Å². The highest BCUT2D eigenvalue weighted by atomic mass is 32.1. The maximum Gasteiger partial charge on any atom is 0.261 e. The van der Waals surface area contributed by atoms with Gasteiger partial charge < -0.3 is 4.42 Å². The number of aromatic nitrogens is 2. The van der Waals surface area contributed by atoms with Crippen molar-refractivity contribution < 1.29 is 9.21 Å². The number of nitrogens with one attached hydrogen (secondary N) is 1. The molecule has 0 bridgehead atoms. The molecule has 0 atom stereocenters. The van der Waals surface area contributed by atoms with Crippen molar-refractivity contribution in [2.75, 3.05) is 5.32 Å². The van der Waals surface area contributed by atoms with Gasteiger partial charge in [-0.1, -0.05) is 11.3 Å². The standard InChI is InChI=1S/C11H11N3O2S/c1-6-8(4-5-16-6)9(15)12-11-14-13-10(17-11)7-2-3-7/h4-5,7H,2-3H2,1H3,(H,12,14,15). The van der Waals surface area contributed by atoms with Crippen molar-refractivity contribution in [2.45, 2.75) is 25.7 Å². The second-order valence-electron chi connectivity index (χ2n) is 4.06. The molecule has 2 aromatic rings. The Hall–Kier alpha value is -1.69. The number of anilines is 1. The van der Waals surface area contributed by atoms with Crippen LogP contribution >= 0.6 is 11.3 Å². The van der Waals surface area contributed by atoms with Crippen molar-refractivity contribution >= 4 is 22.4 Å². The summed E-state index contributed by atoms with van der Waals surface area (Å²) < 4.78 is 5.08. The summed E-state index contributed by atoms with van der Waals surface area (Å²) in [5, 5.41) is 12.3. The highest BCUT2D eigenvalue weighted by molar-refractivity contribution is 7.15. The number of carbonyl (C=O) groups excluding carboxylic acids is 1. The fourth-order valence-corrected chi connectivity index (χ4v) is 2.47. The Kier molecular flexibility index (Phi) is 2.44. The van der Waals surface area contributed by atoms with Gasteiger partial charge in [-0.15, -0.1) is 10.2 Å². The third-order valence-corrected chi connectivity index (χ3v) is 3.69. The van der Waals surface area contributed by atoms with Gasteiger partial charge in [0.15, 0.2) is 0 Å². The van der Waals surface area contributed by atoms with Crippen molar-refractivity contribution in [1.82, 2.24) is 10.2 Å². The Morgan fingerprint density at radius 3 is 3.00 bits per heavy atom. The van der Waals surface area contributed by atoms with Crippen LogP contribution in [0.15, 0.2) is 16.7 Å². The Morgan fingerprint density at radius 1 is 1.53 bits per heavy atom. The fourth-order valence-electron chi connectivity index (χ4n) is 1.57. The summed E-state index contributed by atoms with van der Waals surface area (Å²) in [4.78, 5) is 11.9. The van der Waals surface area contributed by atoms with Crippen LogP contribution in [0.4, 0.5) is 5.13 Å². The SMILES string of the molecule is Cc1occc1C(=O)Nc1nnc(C2CC2)s1. The Balaban J connectivity index is 1.73. The zero-order chi connectivity index (χ0) is 11.8. The summed E-state index contributed by atoms with van der Waals surface area (Å²) in [6.45, 7) is 1.75. The highest BCUT2D eigenvalue weighted by Crippen LogP contribution is 2.42. The average molecular weight is 249 g/mol. The van der Waals surface area contributed by atoms with E-state index in [1.165, 1.54) is 30.4 Å². The lowest BCUT2D eigenvalue weighted by Gasteiger charge is -1.98. The summed E-state index contributed by atoms with van der Waals surface area (Å²) in [5.74, 6) is 0.970. The molecule has 3 rings (SSSR count). The van der Waals surface area contributed by atoms with Crippen LogP contribution in [-0.2, 0) is 0 Å². The molecule has 0 saturated heterocycles. The molecule has 1 N–H and O–H groups in total. The number of amides is 1. The summed E-state index contributed by atoms with van der Waals surface area (Å²) >= 11 is 1.45. The number of hydrogen-bond donors (Lipinski definition) is 1. The number of furan rings is 1. The molecule has 1 aliphatic rings. The second kappa shape index (κ2) is 3.96. The molecular weight excluding hydrogens is 238 g/mol. The maximum absolute atomic E-state index is 11.9. The van der Waals surface area contributed by atoms with Crippen LogP contribution in [-0.4, -0.2) is 16.1 Å². The van der Waals surface area contributed by atoms with E-state index < -0.39 is 0 Å². The van der Waals surface area contributed by atoms with Crippen molar-refractivity contribution in [2.24, 2.45) is 0 Å². The van der Waals surface area contributed by atoms with Gasteiger partial charge in [-0.2, -0.15) is 0 Å². The molecule has 0 unspecified atom stereocenters. The van der Waals surface area contributed by atoms with Crippen LogP contribution in [0.1, 0.15) is 39.9 Å². The molecule has 0 spiro atoms. The average Bonchev–Trinajstić information content (AvgIpc) is 2.90. The number of aryl methyl sites for hydroxylation is 1. The van der Waals surface area contributed by atoms with Gasteiger partial charge in [0.2, 0.25) is 5.13 Å². The number of rotatable bonds is 3. The van der Waals surface area contributed by atoms with Crippen LogP contribution in [0.3, 0.4) is 0 Å². The summed E-state index contributed by atoms with van der Waals surface area (Å²) in [7, 11) is 0. The normalized spacial score (nSPS) is 14.9. The second-order valence-corrected chi connectivity index (χ2v) is 5.07. The quantitative estimate of drug-likeness (QED) is 0.907. The Bertz CT molecular complexity index is 557. The van der Waals surface area contributed by atoms with Crippen LogP contribution < -0.4 is 5.32 Å². The largest absolute Gasteiger partial charge is 0.469 e. The van der Waals surface area contributed by atoms with Gasteiger partial charge in [0.1, 0.15) is 10.8 Å². The van der Waals surface area contributed by atoms with Crippen LogP contribution in [0, 0.1) is 6.92 Å². The first kappa shape index (κ1) is 10.5. The van der Waals surface area contributed by atoms with E-state index in [2.05, 4.69) is 15.5 Å². The first-order valence-electron chi connectivity index (χ1n) is 5.43. The first-order chi connectivity index (χ1) is 8.24. The summed E-state index contributed by atoms with van der Waals surface area (Å²) in [6.07, 6.45) is 3.87. The van der Waals surface area contributed by atoms with E-state index in [4.69, 9.17) is 4.42 Å². The molecule has 2 aromatic heterocycles. The molecule has 0 radical (unpaired) electrons. The monoisotopic (exact) mass is 249 g/mol. The molecule has 17 heavy (non-hydrogen) atoms. The van der Waals surface area contributed by atoms with Crippen molar-refractivity contribution in [1.29, 1.82) is 0 Å². The van der Waals surface area contributed by atoms with Crippen molar-refractivity contribution in [3.8, 4) is 0 Å². The predicted octanol–water partition coefficient (Wildman–Crippen LogP) is 2.57. The highest BCUT2D eigenvalue weighted by Gasteiger charge is 2.27. The Labute approximate surface area is 102 Å². The van der Waals surface area contributed by atoms with Gasteiger partial charge in [0.25, 0.3) is 5.91 Å². The van der Waals surface area contributed by atoms with E-state index in [9.17, 15) is 4.79 Å². The smallest absolute Gasteiger partial charge is 0.261 e. The number of hydrogen-bond acceptors (Lipinski definition) is 5. The lowest BCUT2D eigenvalue weighted by molar-refractivity contribution is 0.102. The zero-order valence-corrected chi connectivity index (χ0v) is 10.1. The molecule has 1 fully saturated rings. The molecule has 6 heteroatoms. The minimum atomic E-state index is -0.199. The van der Waals surface area contributed by atoms with E-state index in [0.717, 1.165) is 5.01 Å². The molecular formula is C11H11N3O2S. The van der Waals surface area contributed by atoms with Gasteiger partial charge in [0, 0.05) is 5.92 Å². The van der Waals surface area contributed by atoms with Crippen LogP contribution in [0.5, 0.6) is 0 Å². The third kappa shape index (κ3) is 2.08. The van der Waals surface area contributed by atoms with E-state index in [1.54, 1.807) is 13.0 Å². The first-order valence-corrected chi connectivity index (χ1v) is 6.24. The fraction of sp³-hybridized carbons (Fsp3) is 0.364. The number of carbonyl (C=O) groups is 1. The van der Waals surface area contributed by atoms with E-state index in [0.29, 0.717) is 22.4 Å². The molecule has 2 heterocycles. The van der Waals surface area contributed by atoms with E-state index in [1.807, 2.05) is 0 Å². The van der Waals surface area contributed by atoms with Gasteiger partial charge in [-0.25, -0.2) is 0 Å². The van der Waals surface area contributed by atoms with Crippen molar-refractivity contribution in [3.05, 3.63) is 28.7 Å². The third-order valence-electron chi connectivity index (χ3n) is 2.69. The number of nitrogens with zero attached hydrogens (tertiary/aromatic N) is 2. The molecule has 5 nitrogen and oxygen atoms in total. The van der Waals surface area contributed by atoms with E-state index in [-0.39, 0.29) is 5.91 Å². The molecule has 0 aromatic carbocycles. The minimum absolute atomic E-state index is 0.199. The maximum atomic E-state index is 11.9. The molecule has 1 saturated carbocycles. The Morgan fingerprint density at radius 2 is 2.35 bits per heavy atom. The van der Waals surface area contributed by atoms with E-state index >= 15 is 0 Å². The van der Waals surface area contributed by atoms with Gasteiger partial charge in [-0.05, 0) is 25.8 Å². The van der Waals surface area contributed by atoms with Crippen LogP contribution in [0.2, 0.25) is 0 Å². The molecule has 1 amide bonds. The minimum Gasteiger partial charge on any atom is -0.469 e.